The lowest BCUT2D eigenvalue weighted by Gasteiger charge is -2.33. The third-order valence-corrected chi connectivity index (χ3v) is 7.75. The Hall–Kier alpha value is -1.64. The van der Waals surface area contributed by atoms with Crippen LogP contribution >= 0.6 is 11.3 Å². The molecule has 1 aliphatic heterocycles. The Kier molecular flexibility index (Phi) is 5.28. The van der Waals surface area contributed by atoms with Gasteiger partial charge in [0.1, 0.15) is 0 Å². The number of thiophene rings is 1. The summed E-state index contributed by atoms with van der Waals surface area (Å²) < 4.78 is 27.6. The van der Waals surface area contributed by atoms with Gasteiger partial charge in [0.05, 0.1) is 4.75 Å². The minimum Gasteiger partial charge on any atom is -0.324 e. The first-order valence-electron chi connectivity index (χ1n) is 8.71. The summed E-state index contributed by atoms with van der Waals surface area (Å²) in [5.74, 6) is 0. The number of carbonyl (C=O) groups is 1. The molecule has 0 aliphatic carbocycles. The molecule has 26 heavy (non-hydrogen) atoms. The summed E-state index contributed by atoms with van der Waals surface area (Å²) in [4.78, 5) is 14.2. The van der Waals surface area contributed by atoms with Gasteiger partial charge in [0, 0.05) is 29.5 Å². The van der Waals surface area contributed by atoms with Crippen LogP contribution in [0.1, 0.15) is 33.6 Å². The van der Waals surface area contributed by atoms with Crippen LogP contribution in [0.4, 0.5) is 10.5 Å². The van der Waals surface area contributed by atoms with Crippen molar-refractivity contribution in [2.45, 2.75) is 44.4 Å². The second-order valence-electron chi connectivity index (χ2n) is 7.60. The highest BCUT2D eigenvalue weighted by Gasteiger charge is 2.33. The maximum atomic E-state index is 12.5. The monoisotopic (exact) mass is 395 g/mol. The van der Waals surface area contributed by atoms with Gasteiger partial charge >= 0.3 is 6.03 Å². The molecule has 2 aromatic rings. The Labute approximate surface area is 158 Å². The first kappa shape index (κ1) is 19.1. The molecule has 1 saturated heterocycles. The van der Waals surface area contributed by atoms with Crippen molar-refractivity contribution >= 4 is 43.2 Å². The molecule has 1 aliphatic rings. The maximum absolute atomic E-state index is 12.5. The van der Waals surface area contributed by atoms with Crippen LogP contribution in [0, 0.1) is 0 Å². The number of carbonyl (C=O) groups excluding carboxylic acids is 1. The Balaban J connectivity index is 1.55. The number of urea groups is 1. The van der Waals surface area contributed by atoms with Gasteiger partial charge in [0.2, 0.25) is 10.0 Å². The van der Waals surface area contributed by atoms with Crippen LogP contribution < -0.4 is 10.0 Å². The van der Waals surface area contributed by atoms with Gasteiger partial charge in [0.15, 0.2) is 0 Å². The van der Waals surface area contributed by atoms with Crippen molar-refractivity contribution in [3.05, 3.63) is 29.6 Å². The molecule has 3 rings (SSSR count). The average Bonchev–Trinajstić information content (AvgIpc) is 3.01. The third-order valence-electron chi connectivity index (χ3n) is 4.62. The van der Waals surface area contributed by atoms with E-state index in [1.54, 1.807) is 37.0 Å². The van der Waals surface area contributed by atoms with E-state index < -0.39 is 14.8 Å². The molecule has 2 N–H and O–H groups in total. The van der Waals surface area contributed by atoms with Gasteiger partial charge in [-0.2, -0.15) is 0 Å². The van der Waals surface area contributed by atoms with Crippen molar-refractivity contribution in [2.24, 2.45) is 0 Å². The highest BCUT2D eigenvalue weighted by Crippen LogP contribution is 2.25. The molecule has 2 heterocycles. The lowest BCUT2D eigenvalue weighted by Crippen LogP contribution is -2.50. The van der Waals surface area contributed by atoms with Crippen LogP contribution in [-0.2, 0) is 10.0 Å². The predicted molar refractivity (Wildman–Crippen MR) is 107 cm³/mol. The molecule has 1 aromatic heterocycles. The molecule has 142 valence electrons. The fraction of sp³-hybridized carbons (Fsp3) is 0.500. The van der Waals surface area contributed by atoms with Gasteiger partial charge in [0.25, 0.3) is 0 Å². The Morgan fingerprint density at radius 1 is 1.19 bits per heavy atom. The number of fused-ring (bicyclic) bond motifs is 1. The number of amides is 2. The fourth-order valence-corrected chi connectivity index (χ4v) is 4.69. The number of likely N-dealkylation sites (tertiary alicyclic amines) is 1. The molecule has 1 aromatic carbocycles. The molecular formula is C18H25N3O3S2. The predicted octanol–water partition coefficient (Wildman–Crippen LogP) is 3.62. The highest BCUT2D eigenvalue weighted by atomic mass is 32.2. The Bertz CT molecular complexity index is 892. The summed E-state index contributed by atoms with van der Waals surface area (Å²) in [6.45, 7) is 6.11. The highest BCUT2D eigenvalue weighted by molar-refractivity contribution is 7.90. The van der Waals surface area contributed by atoms with Crippen LogP contribution in [0.5, 0.6) is 0 Å². The normalized spacial score (nSPS) is 16.8. The van der Waals surface area contributed by atoms with E-state index in [-0.39, 0.29) is 12.1 Å². The van der Waals surface area contributed by atoms with Gasteiger partial charge in [-0.3, -0.25) is 0 Å². The van der Waals surface area contributed by atoms with Gasteiger partial charge in [-0.05, 0) is 62.6 Å². The number of hydrogen-bond donors (Lipinski definition) is 2. The number of rotatable bonds is 3. The molecule has 1 fully saturated rings. The second-order valence-corrected chi connectivity index (χ2v) is 11.0. The zero-order chi connectivity index (χ0) is 18.9. The summed E-state index contributed by atoms with van der Waals surface area (Å²) in [5.41, 5.74) is 0.778. The summed E-state index contributed by atoms with van der Waals surface area (Å²) in [5, 5.41) is 6.13. The average molecular weight is 396 g/mol. The molecule has 0 bridgehead atoms. The topological polar surface area (TPSA) is 78.5 Å². The smallest absolute Gasteiger partial charge is 0.321 e. The zero-order valence-corrected chi connectivity index (χ0v) is 16.9. The molecule has 6 nitrogen and oxygen atoms in total. The lowest BCUT2D eigenvalue weighted by molar-refractivity contribution is 0.193. The van der Waals surface area contributed by atoms with Crippen molar-refractivity contribution in [3.63, 3.8) is 0 Å². The molecule has 0 spiro atoms. The first-order valence-corrected chi connectivity index (χ1v) is 11.1. The Morgan fingerprint density at radius 3 is 2.54 bits per heavy atom. The van der Waals surface area contributed by atoms with Crippen molar-refractivity contribution < 1.29 is 13.2 Å². The quantitative estimate of drug-likeness (QED) is 0.833. The number of anilines is 1. The van der Waals surface area contributed by atoms with Crippen LogP contribution in [0.15, 0.2) is 29.6 Å². The van der Waals surface area contributed by atoms with E-state index in [4.69, 9.17) is 0 Å². The number of hydrogen-bond acceptors (Lipinski definition) is 4. The largest absolute Gasteiger partial charge is 0.324 e. The van der Waals surface area contributed by atoms with Crippen molar-refractivity contribution in [1.29, 1.82) is 0 Å². The molecule has 2 amide bonds. The summed E-state index contributed by atoms with van der Waals surface area (Å²) in [7, 11) is -3.37. The van der Waals surface area contributed by atoms with E-state index in [1.807, 2.05) is 23.6 Å². The van der Waals surface area contributed by atoms with Crippen molar-refractivity contribution in [1.82, 2.24) is 9.62 Å². The minimum absolute atomic E-state index is 0.120. The van der Waals surface area contributed by atoms with E-state index in [1.165, 1.54) is 5.39 Å². The molecule has 0 radical (unpaired) electrons. The van der Waals surface area contributed by atoms with Crippen molar-refractivity contribution in [2.75, 3.05) is 18.4 Å². The standard InChI is InChI=1S/C18H25N3O3S2/c1-18(2,3)26(23,24)20-14-6-9-21(10-7-14)17(22)19-15-5-4-13-8-11-25-16(13)12-15/h4-5,8,11-12,14,20H,6-7,9-10H2,1-3H3,(H,19,22). The van der Waals surface area contributed by atoms with Gasteiger partial charge in [-0.1, -0.05) is 6.07 Å². The molecule has 0 atom stereocenters. The van der Waals surface area contributed by atoms with Gasteiger partial charge < -0.3 is 10.2 Å². The zero-order valence-electron chi connectivity index (χ0n) is 15.3. The summed E-state index contributed by atoms with van der Waals surface area (Å²) in [6, 6.07) is 7.66. The summed E-state index contributed by atoms with van der Waals surface area (Å²) >= 11 is 1.64. The fourth-order valence-electron chi connectivity index (χ4n) is 2.83. The Morgan fingerprint density at radius 2 is 1.88 bits per heavy atom. The maximum Gasteiger partial charge on any atom is 0.321 e. The van der Waals surface area contributed by atoms with Crippen LogP contribution in [0.3, 0.4) is 0 Å². The van der Waals surface area contributed by atoms with E-state index in [9.17, 15) is 13.2 Å². The van der Waals surface area contributed by atoms with Gasteiger partial charge in [-0.25, -0.2) is 17.9 Å². The van der Waals surface area contributed by atoms with Crippen molar-refractivity contribution in [3.8, 4) is 0 Å². The number of sulfonamides is 1. The van der Waals surface area contributed by atoms with E-state index in [2.05, 4.69) is 16.1 Å². The second kappa shape index (κ2) is 7.17. The molecular weight excluding hydrogens is 370 g/mol. The molecule has 8 heteroatoms. The first-order chi connectivity index (χ1) is 12.2. The van der Waals surface area contributed by atoms with Gasteiger partial charge in [-0.15, -0.1) is 11.3 Å². The van der Waals surface area contributed by atoms with Crippen LogP contribution in [0.25, 0.3) is 10.1 Å². The summed E-state index contributed by atoms with van der Waals surface area (Å²) in [6.07, 6.45) is 1.24. The SMILES string of the molecule is CC(C)(C)S(=O)(=O)NC1CCN(C(=O)Nc2ccc3ccsc3c2)CC1. The van der Waals surface area contributed by atoms with Crippen LogP contribution in [0.2, 0.25) is 0 Å². The van der Waals surface area contributed by atoms with Crippen LogP contribution in [-0.4, -0.2) is 43.2 Å². The van der Waals surface area contributed by atoms with E-state index >= 15 is 0 Å². The number of benzene rings is 1. The molecule has 0 unspecified atom stereocenters. The minimum atomic E-state index is -3.37. The lowest BCUT2D eigenvalue weighted by atomic mass is 10.1. The number of nitrogens with zero attached hydrogens (tertiary/aromatic N) is 1. The molecule has 0 saturated carbocycles. The van der Waals surface area contributed by atoms with E-state index in [0.717, 1.165) is 10.4 Å². The van der Waals surface area contributed by atoms with E-state index in [0.29, 0.717) is 25.9 Å². The number of nitrogens with one attached hydrogen (secondary N) is 2. The third kappa shape index (κ3) is 4.19. The number of piperidine rings is 1.